The number of hydrogen-bond donors (Lipinski definition) is 3. The summed E-state index contributed by atoms with van der Waals surface area (Å²) < 4.78 is 56.6. The maximum absolute atomic E-state index is 11.6. The number of sulfone groups is 1. The van der Waals surface area contributed by atoms with E-state index in [4.69, 9.17) is 14.7 Å². The van der Waals surface area contributed by atoms with E-state index in [1.165, 1.54) is 6.07 Å². The Hall–Kier alpha value is -0.510. The molecule has 0 bridgehead atoms. The molecule has 1 aromatic heterocycles. The predicted molar refractivity (Wildman–Crippen MR) is 59.7 cm³/mol. The van der Waals surface area contributed by atoms with E-state index in [9.17, 15) is 17.5 Å². The van der Waals surface area contributed by atoms with Gasteiger partial charge in [-0.05, 0) is 6.07 Å². The lowest BCUT2D eigenvalue weighted by atomic mass is 10.7. The molecule has 1 aromatic rings. The Bertz CT molecular complexity index is 598. The average Bonchev–Trinajstić information content (AvgIpc) is 2.64. The summed E-state index contributed by atoms with van der Waals surface area (Å²) in [5.41, 5.74) is 0. The van der Waals surface area contributed by atoms with E-state index in [2.05, 4.69) is 13.3 Å². The molecule has 1 heterocycles. The van der Waals surface area contributed by atoms with Crippen molar-refractivity contribution in [2.24, 2.45) is 0 Å². The fourth-order valence-electron chi connectivity index (χ4n) is 0.967. The van der Waals surface area contributed by atoms with Crippen LogP contribution in [-0.4, -0.2) is 35.5 Å². The van der Waals surface area contributed by atoms with Crippen LogP contribution >= 0.6 is 15.6 Å². The molecule has 0 spiro atoms. The minimum atomic E-state index is -5.22. The van der Waals surface area contributed by atoms with Crippen molar-refractivity contribution in [3.05, 3.63) is 18.6 Å². The van der Waals surface area contributed by atoms with E-state index in [0.717, 1.165) is 12.5 Å². The highest BCUT2D eigenvalue weighted by molar-refractivity contribution is 7.91. The maximum atomic E-state index is 11.6. The van der Waals surface area contributed by atoms with Crippen LogP contribution in [0.5, 0.6) is 0 Å². The molecule has 10 nitrogen and oxygen atoms in total. The SMILES string of the molecule is O=P(O)(O)OP(=O)(O)OCCS(=O)(=O)c1ccoc1. The van der Waals surface area contributed by atoms with Gasteiger partial charge in [0.15, 0.2) is 9.84 Å². The van der Waals surface area contributed by atoms with Crippen molar-refractivity contribution >= 4 is 25.5 Å². The van der Waals surface area contributed by atoms with Crippen molar-refractivity contribution in [2.75, 3.05) is 12.4 Å². The van der Waals surface area contributed by atoms with Gasteiger partial charge >= 0.3 is 15.6 Å². The lowest BCUT2D eigenvalue weighted by Gasteiger charge is -2.11. The van der Waals surface area contributed by atoms with Crippen molar-refractivity contribution in [3.63, 3.8) is 0 Å². The zero-order valence-corrected chi connectivity index (χ0v) is 11.8. The molecule has 1 unspecified atom stereocenters. The van der Waals surface area contributed by atoms with Gasteiger partial charge in [0.05, 0.1) is 18.6 Å². The molecule has 0 saturated carbocycles. The zero-order valence-electron chi connectivity index (χ0n) is 9.15. The summed E-state index contributed by atoms with van der Waals surface area (Å²) in [4.78, 5) is 25.3. The molecule has 0 radical (unpaired) electrons. The topological polar surface area (TPSA) is 161 Å². The van der Waals surface area contributed by atoms with E-state index in [0.29, 0.717) is 0 Å². The van der Waals surface area contributed by atoms with E-state index in [1.54, 1.807) is 0 Å². The Morgan fingerprint density at radius 1 is 1.26 bits per heavy atom. The number of hydrogen-bond acceptors (Lipinski definition) is 7. The molecule has 1 atom stereocenters. The van der Waals surface area contributed by atoms with Gasteiger partial charge in [-0.25, -0.2) is 17.5 Å². The summed E-state index contributed by atoms with van der Waals surface area (Å²) in [7, 11) is -14.0. The third-order valence-electron chi connectivity index (χ3n) is 1.67. The second kappa shape index (κ2) is 5.86. The van der Waals surface area contributed by atoms with Crippen molar-refractivity contribution in [1.29, 1.82) is 0 Å². The summed E-state index contributed by atoms with van der Waals surface area (Å²) in [6.07, 6.45) is 2.08. The molecule has 0 aliphatic rings. The minimum Gasteiger partial charge on any atom is -0.471 e. The molecular weight excluding hydrogens is 326 g/mol. The van der Waals surface area contributed by atoms with Crippen LogP contribution in [0.25, 0.3) is 0 Å². The van der Waals surface area contributed by atoms with E-state index >= 15 is 0 Å². The minimum absolute atomic E-state index is 0.153. The number of phosphoric ester groups is 1. The fourth-order valence-corrected chi connectivity index (χ4v) is 3.68. The molecular formula is C6H10O10P2S. The summed E-state index contributed by atoms with van der Waals surface area (Å²) in [6.45, 7) is -0.790. The summed E-state index contributed by atoms with van der Waals surface area (Å²) in [5, 5.41) is 0. The molecule has 0 aliphatic carbocycles. The van der Waals surface area contributed by atoms with E-state index < -0.39 is 37.8 Å². The van der Waals surface area contributed by atoms with Crippen LogP contribution in [0.1, 0.15) is 0 Å². The standard InChI is InChI=1S/C6H10O10P2S/c7-17(8,9)16-18(10,11)15-3-4-19(12,13)6-1-2-14-5-6/h1-2,5H,3-4H2,(H,10,11)(H2,7,8,9). The van der Waals surface area contributed by atoms with Crippen LogP contribution in [0.2, 0.25) is 0 Å². The van der Waals surface area contributed by atoms with Gasteiger partial charge in [-0.3, -0.25) is 4.52 Å². The Labute approximate surface area is 107 Å². The van der Waals surface area contributed by atoms with Crippen LogP contribution in [0.15, 0.2) is 27.9 Å². The van der Waals surface area contributed by atoms with Gasteiger partial charge in [0, 0.05) is 0 Å². The fraction of sp³-hybridized carbons (Fsp3) is 0.333. The predicted octanol–water partition coefficient (Wildman–Crippen LogP) is 0.280. The maximum Gasteiger partial charge on any atom is 0.481 e. The Balaban J connectivity index is 2.56. The van der Waals surface area contributed by atoms with Crippen molar-refractivity contribution in [3.8, 4) is 0 Å². The quantitative estimate of drug-likeness (QED) is 0.590. The Kier molecular flexibility index (Phi) is 5.10. The number of phosphoric acid groups is 2. The second-order valence-electron chi connectivity index (χ2n) is 3.15. The van der Waals surface area contributed by atoms with Crippen molar-refractivity contribution in [2.45, 2.75) is 4.90 Å². The third kappa shape index (κ3) is 5.98. The molecule has 110 valence electrons. The lowest BCUT2D eigenvalue weighted by molar-refractivity contribution is 0.185. The Morgan fingerprint density at radius 3 is 2.37 bits per heavy atom. The normalized spacial score (nSPS) is 16.2. The first-order valence-electron chi connectivity index (χ1n) is 4.51. The molecule has 0 amide bonds. The molecule has 3 N–H and O–H groups in total. The van der Waals surface area contributed by atoms with Gasteiger partial charge in [-0.15, -0.1) is 0 Å². The molecule has 19 heavy (non-hydrogen) atoms. The van der Waals surface area contributed by atoms with Crippen LogP contribution in [0.4, 0.5) is 0 Å². The smallest absolute Gasteiger partial charge is 0.471 e. The highest BCUT2D eigenvalue weighted by atomic mass is 32.2. The van der Waals surface area contributed by atoms with Crippen LogP contribution in [-0.2, 0) is 27.8 Å². The van der Waals surface area contributed by atoms with Gasteiger partial charge in [0.2, 0.25) is 0 Å². The van der Waals surface area contributed by atoms with Gasteiger partial charge in [-0.2, -0.15) is 4.31 Å². The first-order valence-corrected chi connectivity index (χ1v) is 9.19. The largest absolute Gasteiger partial charge is 0.481 e. The molecule has 0 aromatic carbocycles. The van der Waals surface area contributed by atoms with Gasteiger partial charge in [-0.1, -0.05) is 0 Å². The first kappa shape index (κ1) is 16.5. The highest BCUT2D eigenvalue weighted by Gasteiger charge is 2.32. The summed E-state index contributed by atoms with van der Waals surface area (Å²) in [5.74, 6) is -0.693. The van der Waals surface area contributed by atoms with Crippen LogP contribution < -0.4 is 0 Å². The first-order chi connectivity index (χ1) is 8.52. The van der Waals surface area contributed by atoms with Crippen molar-refractivity contribution < 1.29 is 45.5 Å². The number of rotatable bonds is 7. The van der Waals surface area contributed by atoms with Gasteiger partial charge in [0.1, 0.15) is 11.2 Å². The highest BCUT2D eigenvalue weighted by Crippen LogP contribution is 2.57. The molecule has 0 fully saturated rings. The molecule has 13 heteroatoms. The monoisotopic (exact) mass is 336 g/mol. The molecule has 0 aliphatic heterocycles. The van der Waals surface area contributed by atoms with Gasteiger partial charge < -0.3 is 19.1 Å². The molecule has 0 saturated heterocycles. The third-order valence-corrected chi connectivity index (χ3v) is 5.51. The molecule has 1 rings (SSSR count). The Morgan fingerprint density at radius 2 is 1.89 bits per heavy atom. The van der Waals surface area contributed by atoms with Crippen molar-refractivity contribution in [1.82, 2.24) is 0 Å². The van der Waals surface area contributed by atoms with Crippen LogP contribution in [0.3, 0.4) is 0 Å². The summed E-state index contributed by atoms with van der Waals surface area (Å²) in [6, 6.07) is 1.17. The van der Waals surface area contributed by atoms with Crippen LogP contribution in [0, 0.1) is 0 Å². The van der Waals surface area contributed by atoms with E-state index in [1.807, 2.05) is 0 Å². The van der Waals surface area contributed by atoms with E-state index in [-0.39, 0.29) is 4.90 Å². The number of furan rings is 1. The second-order valence-corrected chi connectivity index (χ2v) is 8.09. The van der Waals surface area contributed by atoms with Gasteiger partial charge in [0.25, 0.3) is 0 Å². The summed E-state index contributed by atoms with van der Waals surface area (Å²) >= 11 is 0. The average molecular weight is 336 g/mol. The lowest BCUT2D eigenvalue weighted by Crippen LogP contribution is -2.11. The zero-order chi connectivity index (χ0) is 14.7.